The lowest BCUT2D eigenvalue weighted by atomic mass is 10.2. The molecule has 0 aliphatic rings. The molecule has 7 nitrogen and oxygen atoms in total. The van der Waals surface area contributed by atoms with Crippen molar-refractivity contribution in [3.05, 3.63) is 35.4 Å². The van der Waals surface area contributed by atoms with E-state index < -0.39 is 0 Å². The summed E-state index contributed by atoms with van der Waals surface area (Å²) in [7, 11) is 7.73. The van der Waals surface area contributed by atoms with Crippen molar-refractivity contribution in [2.45, 2.75) is 17.8 Å². The van der Waals surface area contributed by atoms with Crippen LogP contribution >= 0.6 is 11.8 Å². The van der Waals surface area contributed by atoms with Crippen molar-refractivity contribution in [3.8, 4) is 0 Å². The maximum atomic E-state index is 4.61. The number of nitrogens with zero attached hydrogens (tertiary/aromatic N) is 7. The highest BCUT2D eigenvalue weighted by Crippen LogP contribution is 2.25. The summed E-state index contributed by atoms with van der Waals surface area (Å²) in [6.07, 6.45) is 0. The predicted octanol–water partition coefficient (Wildman–Crippen LogP) is 2.25. The fourth-order valence-corrected chi connectivity index (χ4v) is 3.07. The van der Waals surface area contributed by atoms with Crippen LogP contribution in [0.5, 0.6) is 0 Å². The van der Waals surface area contributed by atoms with Crippen LogP contribution < -0.4 is 9.80 Å². The fourth-order valence-electron chi connectivity index (χ4n) is 2.19. The van der Waals surface area contributed by atoms with E-state index in [1.54, 1.807) is 11.8 Å². The summed E-state index contributed by atoms with van der Waals surface area (Å²) >= 11 is 1.63. The zero-order valence-corrected chi connectivity index (χ0v) is 15.4. The first-order valence-electron chi connectivity index (χ1n) is 7.62. The van der Waals surface area contributed by atoms with Gasteiger partial charge in [-0.05, 0) is 12.5 Å². The number of hydrogen-bond acceptors (Lipinski definition) is 7. The van der Waals surface area contributed by atoms with Crippen LogP contribution in [0.25, 0.3) is 5.78 Å². The van der Waals surface area contributed by atoms with Gasteiger partial charge in [-0.2, -0.15) is 9.97 Å². The first kappa shape index (κ1) is 16.5. The Morgan fingerprint density at radius 3 is 2.29 bits per heavy atom. The van der Waals surface area contributed by atoms with Crippen molar-refractivity contribution in [2.75, 3.05) is 38.0 Å². The Labute approximate surface area is 145 Å². The van der Waals surface area contributed by atoms with Gasteiger partial charge in [0.15, 0.2) is 5.16 Å². The minimum atomic E-state index is 0.559. The third-order valence-corrected chi connectivity index (χ3v) is 4.50. The Balaban J connectivity index is 1.95. The van der Waals surface area contributed by atoms with Gasteiger partial charge in [0.2, 0.25) is 11.9 Å². The van der Waals surface area contributed by atoms with E-state index >= 15 is 0 Å². The van der Waals surface area contributed by atoms with Gasteiger partial charge in [-0.15, -0.1) is 10.2 Å². The second-order valence-electron chi connectivity index (χ2n) is 6.00. The summed E-state index contributed by atoms with van der Waals surface area (Å²) in [6.45, 7) is 2.09. The second kappa shape index (κ2) is 6.64. The highest BCUT2D eigenvalue weighted by Gasteiger charge is 2.17. The van der Waals surface area contributed by atoms with Crippen molar-refractivity contribution < 1.29 is 0 Å². The smallest absolute Gasteiger partial charge is 0.261 e. The van der Waals surface area contributed by atoms with Crippen molar-refractivity contribution >= 4 is 29.4 Å². The third kappa shape index (κ3) is 3.28. The standard InChI is InChI=1S/C16H21N7S/c1-11-6-8-12(9-7-11)10-24-16-20-19-14-17-13(21(2)3)18-15(22(4)5)23(14)16/h6-9H,10H2,1-5H3. The average molecular weight is 343 g/mol. The van der Waals surface area contributed by atoms with Crippen LogP contribution in [0, 0.1) is 6.92 Å². The molecule has 8 heteroatoms. The Kier molecular flexibility index (Phi) is 4.57. The third-order valence-electron chi connectivity index (χ3n) is 3.50. The molecule has 3 rings (SSSR count). The van der Waals surface area contributed by atoms with Crippen LogP contribution in [0.2, 0.25) is 0 Å². The van der Waals surface area contributed by atoms with Gasteiger partial charge >= 0.3 is 0 Å². The molecule has 2 heterocycles. The molecule has 0 aliphatic heterocycles. The topological polar surface area (TPSA) is 62.5 Å². The number of aromatic nitrogens is 5. The van der Waals surface area contributed by atoms with Crippen LogP contribution in [-0.2, 0) is 5.75 Å². The summed E-state index contributed by atoms with van der Waals surface area (Å²) in [5.74, 6) is 2.77. The molecule has 0 amide bonds. The van der Waals surface area contributed by atoms with Crippen LogP contribution in [0.15, 0.2) is 29.4 Å². The van der Waals surface area contributed by atoms with Crippen LogP contribution in [0.4, 0.5) is 11.9 Å². The van der Waals surface area contributed by atoms with E-state index in [0.717, 1.165) is 16.9 Å². The minimum Gasteiger partial charge on any atom is -0.348 e. The molecule has 0 atom stereocenters. The molecule has 0 N–H and O–H groups in total. The Bertz CT molecular complexity index is 840. The van der Waals surface area contributed by atoms with E-state index in [0.29, 0.717) is 11.7 Å². The Morgan fingerprint density at radius 2 is 1.67 bits per heavy atom. The zero-order valence-electron chi connectivity index (χ0n) is 14.6. The van der Waals surface area contributed by atoms with E-state index in [4.69, 9.17) is 0 Å². The number of thioether (sulfide) groups is 1. The predicted molar refractivity (Wildman–Crippen MR) is 98.0 cm³/mol. The molecule has 0 aliphatic carbocycles. The summed E-state index contributed by atoms with van der Waals surface area (Å²) in [6, 6.07) is 8.52. The van der Waals surface area contributed by atoms with Crippen molar-refractivity contribution in [3.63, 3.8) is 0 Å². The van der Waals surface area contributed by atoms with Gasteiger partial charge in [0, 0.05) is 33.9 Å². The number of fused-ring (bicyclic) bond motifs is 1. The quantitative estimate of drug-likeness (QED) is 0.658. The lowest BCUT2D eigenvalue weighted by molar-refractivity contribution is 0.845. The first-order chi connectivity index (χ1) is 11.5. The molecule has 0 bridgehead atoms. The molecule has 0 fully saturated rings. The molecule has 1 aromatic carbocycles. The molecule has 3 aromatic rings. The maximum Gasteiger partial charge on any atom is 0.261 e. The number of anilines is 2. The van der Waals surface area contributed by atoms with Crippen molar-refractivity contribution in [1.29, 1.82) is 0 Å². The van der Waals surface area contributed by atoms with Gasteiger partial charge in [0.1, 0.15) is 0 Å². The molecule has 0 unspecified atom stereocenters. The SMILES string of the molecule is Cc1ccc(CSc2nnc3nc(N(C)C)nc(N(C)C)n23)cc1. The minimum absolute atomic E-state index is 0.559. The normalized spacial score (nSPS) is 11.0. The molecule has 2 aromatic heterocycles. The van der Waals surface area contributed by atoms with Crippen LogP contribution in [-0.4, -0.2) is 52.8 Å². The molecule has 24 heavy (non-hydrogen) atoms. The summed E-state index contributed by atoms with van der Waals surface area (Å²) < 4.78 is 1.89. The fraction of sp³-hybridized carbons (Fsp3) is 0.375. The van der Waals surface area contributed by atoms with Gasteiger partial charge in [0.25, 0.3) is 5.78 Å². The number of aryl methyl sites for hydroxylation is 1. The highest BCUT2D eigenvalue weighted by molar-refractivity contribution is 7.98. The molecule has 0 spiro atoms. The number of benzene rings is 1. The monoisotopic (exact) mass is 343 g/mol. The van der Waals surface area contributed by atoms with Gasteiger partial charge in [-0.3, -0.25) is 0 Å². The molecular formula is C16H21N7S. The summed E-state index contributed by atoms with van der Waals surface area (Å²) in [4.78, 5) is 12.9. The first-order valence-corrected chi connectivity index (χ1v) is 8.60. The highest BCUT2D eigenvalue weighted by atomic mass is 32.2. The largest absolute Gasteiger partial charge is 0.348 e. The summed E-state index contributed by atoms with van der Waals surface area (Å²) in [5.41, 5.74) is 2.51. The molecule has 0 saturated carbocycles. The maximum absolute atomic E-state index is 4.61. The molecule has 126 valence electrons. The Hall–Kier alpha value is -2.35. The molecular weight excluding hydrogens is 322 g/mol. The van der Waals surface area contributed by atoms with Crippen LogP contribution in [0.3, 0.4) is 0 Å². The van der Waals surface area contributed by atoms with Crippen LogP contribution in [0.1, 0.15) is 11.1 Å². The zero-order chi connectivity index (χ0) is 17.3. The van der Waals surface area contributed by atoms with Gasteiger partial charge in [-0.1, -0.05) is 41.6 Å². The van der Waals surface area contributed by atoms with E-state index in [9.17, 15) is 0 Å². The van der Waals surface area contributed by atoms with E-state index in [2.05, 4.69) is 51.4 Å². The lowest BCUT2D eigenvalue weighted by Gasteiger charge is -2.17. The van der Waals surface area contributed by atoms with Gasteiger partial charge in [-0.25, -0.2) is 4.40 Å². The van der Waals surface area contributed by atoms with Gasteiger partial charge < -0.3 is 9.80 Å². The molecule has 0 saturated heterocycles. The molecule has 0 radical (unpaired) electrons. The number of rotatable bonds is 5. The van der Waals surface area contributed by atoms with E-state index in [1.807, 2.05) is 42.4 Å². The van der Waals surface area contributed by atoms with E-state index in [-0.39, 0.29) is 0 Å². The van der Waals surface area contributed by atoms with Gasteiger partial charge in [0.05, 0.1) is 0 Å². The number of hydrogen-bond donors (Lipinski definition) is 0. The van der Waals surface area contributed by atoms with Crippen molar-refractivity contribution in [2.24, 2.45) is 0 Å². The lowest BCUT2D eigenvalue weighted by Crippen LogP contribution is -2.20. The second-order valence-corrected chi connectivity index (χ2v) is 6.95. The average Bonchev–Trinajstić information content (AvgIpc) is 2.96. The van der Waals surface area contributed by atoms with Crippen molar-refractivity contribution in [1.82, 2.24) is 24.6 Å². The Morgan fingerprint density at radius 1 is 0.958 bits per heavy atom. The summed E-state index contributed by atoms with van der Waals surface area (Å²) in [5, 5.41) is 9.31. The van der Waals surface area contributed by atoms with E-state index in [1.165, 1.54) is 11.1 Å².